The van der Waals surface area contributed by atoms with Gasteiger partial charge in [0.25, 0.3) is 0 Å². The summed E-state index contributed by atoms with van der Waals surface area (Å²) < 4.78 is 0. The second-order valence-corrected chi connectivity index (χ2v) is 4.72. The molecule has 0 unspecified atom stereocenters. The first-order chi connectivity index (χ1) is 8.43. The SMILES string of the molecule is c1ccc(-c2ccc(-c3cccs3)cc2)nc1. The second-order valence-electron chi connectivity index (χ2n) is 3.77. The van der Waals surface area contributed by atoms with Crippen LogP contribution in [0.2, 0.25) is 0 Å². The Hall–Kier alpha value is -1.93. The van der Waals surface area contributed by atoms with Crippen LogP contribution in [0.3, 0.4) is 0 Å². The highest BCUT2D eigenvalue weighted by Gasteiger charge is 2.00. The maximum atomic E-state index is 4.34. The van der Waals surface area contributed by atoms with Gasteiger partial charge in [0.05, 0.1) is 5.69 Å². The van der Waals surface area contributed by atoms with E-state index in [0.717, 1.165) is 11.3 Å². The Morgan fingerprint density at radius 2 is 1.59 bits per heavy atom. The third-order valence-electron chi connectivity index (χ3n) is 2.65. The molecule has 3 rings (SSSR count). The number of aromatic nitrogens is 1. The minimum absolute atomic E-state index is 1.02. The number of thiophene rings is 1. The third-order valence-corrected chi connectivity index (χ3v) is 3.57. The molecule has 0 saturated carbocycles. The highest BCUT2D eigenvalue weighted by Crippen LogP contribution is 2.26. The van der Waals surface area contributed by atoms with Crippen LogP contribution >= 0.6 is 11.3 Å². The van der Waals surface area contributed by atoms with E-state index < -0.39 is 0 Å². The standard InChI is InChI=1S/C15H11NS/c1-2-10-16-14(4-1)12-6-8-13(9-7-12)15-5-3-11-17-15/h1-11H. The Morgan fingerprint density at radius 1 is 0.765 bits per heavy atom. The number of nitrogens with zero attached hydrogens (tertiary/aromatic N) is 1. The Balaban J connectivity index is 1.96. The molecule has 0 atom stereocenters. The number of hydrogen-bond donors (Lipinski definition) is 0. The maximum absolute atomic E-state index is 4.34. The lowest BCUT2D eigenvalue weighted by molar-refractivity contribution is 1.33. The normalized spacial score (nSPS) is 10.4. The highest BCUT2D eigenvalue weighted by atomic mass is 32.1. The molecule has 0 aliphatic rings. The first kappa shape index (κ1) is 10.2. The van der Waals surface area contributed by atoms with Crippen LogP contribution in [-0.4, -0.2) is 4.98 Å². The van der Waals surface area contributed by atoms with Crippen molar-refractivity contribution in [1.82, 2.24) is 4.98 Å². The van der Waals surface area contributed by atoms with Gasteiger partial charge < -0.3 is 0 Å². The van der Waals surface area contributed by atoms with Crippen molar-refractivity contribution in [3.05, 3.63) is 66.2 Å². The third kappa shape index (κ3) is 2.12. The van der Waals surface area contributed by atoms with Gasteiger partial charge in [-0.05, 0) is 29.1 Å². The minimum Gasteiger partial charge on any atom is -0.256 e. The molecule has 17 heavy (non-hydrogen) atoms. The van der Waals surface area contributed by atoms with Crippen molar-refractivity contribution >= 4 is 11.3 Å². The molecular formula is C15H11NS. The summed E-state index contributed by atoms with van der Waals surface area (Å²) >= 11 is 1.76. The summed E-state index contributed by atoms with van der Waals surface area (Å²) in [4.78, 5) is 5.65. The predicted molar refractivity (Wildman–Crippen MR) is 73.0 cm³/mol. The fourth-order valence-corrected chi connectivity index (χ4v) is 2.51. The summed E-state index contributed by atoms with van der Waals surface area (Å²) in [7, 11) is 0. The largest absolute Gasteiger partial charge is 0.256 e. The van der Waals surface area contributed by atoms with Crippen molar-refractivity contribution in [2.24, 2.45) is 0 Å². The van der Waals surface area contributed by atoms with E-state index in [1.54, 1.807) is 11.3 Å². The van der Waals surface area contributed by atoms with Gasteiger partial charge in [-0.3, -0.25) is 4.98 Å². The van der Waals surface area contributed by atoms with Gasteiger partial charge in [0.1, 0.15) is 0 Å². The molecule has 2 heteroatoms. The zero-order valence-corrected chi connectivity index (χ0v) is 10.0. The van der Waals surface area contributed by atoms with E-state index in [1.807, 2.05) is 24.4 Å². The van der Waals surface area contributed by atoms with Crippen LogP contribution < -0.4 is 0 Å². The van der Waals surface area contributed by atoms with E-state index >= 15 is 0 Å². The van der Waals surface area contributed by atoms with Crippen LogP contribution in [0, 0.1) is 0 Å². The van der Waals surface area contributed by atoms with Crippen molar-refractivity contribution in [3.8, 4) is 21.7 Å². The fourth-order valence-electron chi connectivity index (χ4n) is 1.78. The first-order valence-electron chi connectivity index (χ1n) is 5.49. The molecule has 2 aromatic heterocycles. The summed E-state index contributed by atoms with van der Waals surface area (Å²) in [5.41, 5.74) is 3.44. The molecule has 0 spiro atoms. The van der Waals surface area contributed by atoms with Gasteiger partial charge in [-0.2, -0.15) is 0 Å². The van der Waals surface area contributed by atoms with E-state index in [4.69, 9.17) is 0 Å². The van der Waals surface area contributed by atoms with E-state index in [9.17, 15) is 0 Å². The van der Waals surface area contributed by atoms with Crippen LogP contribution in [0.5, 0.6) is 0 Å². The smallest absolute Gasteiger partial charge is 0.0701 e. The Bertz CT molecular complexity index is 583. The molecule has 0 fully saturated rings. The van der Waals surface area contributed by atoms with E-state index in [2.05, 4.69) is 46.8 Å². The summed E-state index contributed by atoms with van der Waals surface area (Å²) in [5, 5.41) is 2.10. The lowest BCUT2D eigenvalue weighted by Crippen LogP contribution is -1.81. The van der Waals surface area contributed by atoms with Gasteiger partial charge in [-0.1, -0.05) is 36.4 Å². The average Bonchev–Trinajstić information content (AvgIpc) is 2.94. The van der Waals surface area contributed by atoms with Crippen molar-refractivity contribution < 1.29 is 0 Å². The van der Waals surface area contributed by atoms with Gasteiger partial charge in [-0.25, -0.2) is 0 Å². The topological polar surface area (TPSA) is 12.9 Å². The first-order valence-corrected chi connectivity index (χ1v) is 6.37. The number of rotatable bonds is 2. The molecule has 0 amide bonds. The zero-order chi connectivity index (χ0) is 11.5. The number of pyridine rings is 1. The van der Waals surface area contributed by atoms with Crippen LogP contribution in [-0.2, 0) is 0 Å². The van der Waals surface area contributed by atoms with Gasteiger partial charge in [0.2, 0.25) is 0 Å². The van der Waals surface area contributed by atoms with Crippen LogP contribution in [0.25, 0.3) is 21.7 Å². The van der Waals surface area contributed by atoms with Crippen molar-refractivity contribution in [1.29, 1.82) is 0 Å². The Morgan fingerprint density at radius 3 is 2.24 bits per heavy atom. The van der Waals surface area contributed by atoms with E-state index in [-0.39, 0.29) is 0 Å². The summed E-state index contributed by atoms with van der Waals surface area (Å²) in [6.07, 6.45) is 1.82. The Kier molecular flexibility index (Phi) is 2.72. The molecule has 2 heterocycles. The van der Waals surface area contributed by atoms with Gasteiger partial charge in [0.15, 0.2) is 0 Å². The van der Waals surface area contributed by atoms with E-state index in [0.29, 0.717) is 0 Å². The van der Waals surface area contributed by atoms with Crippen molar-refractivity contribution in [3.63, 3.8) is 0 Å². The minimum atomic E-state index is 1.02. The van der Waals surface area contributed by atoms with Gasteiger partial charge >= 0.3 is 0 Å². The van der Waals surface area contributed by atoms with Crippen molar-refractivity contribution in [2.45, 2.75) is 0 Å². The summed E-state index contributed by atoms with van der Waals surface area (Å²) in [5.74, 6) is 0. The molecule has 0 aliphatic carbocycles. The van der Waals surface area contributed by atoms with Gasteiger partial charge in [-0.15, -0.1) is 11.3 Å². The van der Waals surface area contributed by atoms with Crippen LogP contribution in [0.1, 0.15) is 0 Å². The predicted octanol–water partition coefficient (Wildman–Crippen LogP) is 4.48. The lowest BCUT2D eigenvalue weighted by Gasteiger charge is -2.02. The molecule has 3 aromatic rings. The Labute approximate surface area is 104 Å². The van der Waals surface area contributed by atoms with Crippen LogP contribution in [0.4, 0.5) is 0 Å². The molecule has 0 saturated heterocycles. The molecule has 0 aliphatic heterocycles. The molecule has 0 radical (unpaired) electrons. The fraction of sp³-hybridized carbons (Fsp3) is 0. The number of hydrogen-bond acceptors (Lipinski definition) is 2. The summed E-state index contributed by atoms with van der Waals surface area (Å²) in [6, 6.07) is 18.7. The molecule has 82 valence electrons. The monoisotopic (exact) mass is 237 g/mol. The van der Waals surface area contributed by atoms with Gasteiger partial charge in [0, 0.05) is 16.6 Å². The lowest BCUT2D eigenvalue weighted by atomic mass is 10.1. The highest BCUT2D eigenvalue weighted by molar-refractivity contribution is 7.13. The average molecular weight is 237 g/mol. The van der Waals surface area contributed by atoms with Crippen LogP contribution in [0.15, 0.2) is 66.2 Å². The molecule has 1 nitrogen and oxygen atoms in total. The second kappa shape index (κ2) is 4.52. The molecule has 0 bridgehead atoms. The zero-order valence-electron chi connectivity index (χ0n) is 9.21. The quantitative estimate of drug-likeness (QED) is 0.640. The molecule has 0 N–H and O–H groups in total. The molecule has 1 aromatic carbocycles. The van der Waals surface area contributed by atoms with Crippen molar-refractivity contribution in [2.75, 3.05) is 0 Å². The molecular weight excluding hydrogens is 226 g/mol. The number of benzene rings is 1. The van der Waals surface area contributed by atoms with E-state index in [1.165, 1.54) is 10.4 Å². The summed E-state index contributed by atoms with van der Waals surface area (Å²) in [6.45, 7) is 0. The maximum Gasteiger partial charge on any atom is 0.0701 e.